The fraction of sp³-hybridized carbons (Fsp3) is 0.667. The molecule has 1 aliphatic rings. The van der Waals surface area contributed by atoms with E-state index in [0.717, 1.165) is 18.6 Å². The van der Waals surface area contributed by atoms with Crippen molar-refractivity contribution in [3.05, 3.63) is 29.3 Å². The molecule has 1 aromatic carbocycles. The third-order valence-corrected chi connectivity index (χ3v) is 4.91. The monoisotopic (exact) mass is 276 g/mol. The Balaban J connectivity index is 2.27. The van der Waals surface area contributed by atoms with Crippen molar-refractivity contribution in [2.45, 2.75) is 72.0 Å². The highest BCUT2D eigenvalue weighted by Crippen LogP contribution is 2.47. The van der Waals surface area contributed by atoms with Crippen LogP contribution in [0.5, 0.6) is 5.75 Å². The van der Waals surface area contributed by atoms with Crippen LogP contribution in [0, 0.1) is 12.3 Å². The van der Waals surface area contributed by atoms with Gasteiger partial charge in [0.15, 0.2) is 0 Å². The van der Waals surface area contributed by atoms with Crippen molar-refractivity contribution in [1.82, 2.24) is 0 Å². The molecule has 2 nitrogen and oxygen atoms in total. The van der Waals surface area contributed by atoms with E-state index in [9.17, 15) is 5.11 Å². The SMILES string of the molecule is CCC1(C)C(O)CC1Oc1ccc(C)cc1C(C)(C)C. The van der Waals surface area contributed by atoms with Gasteiger partial charge >= 0.3 is 0 Å². The lowest BCUT2D eigenvalue weighted by Gasteiger charge is -2.50. The van der Waals surface area contributed by atoms with Gasteiger partial charge in [-0.05, 0) is 30.4 Å². The molecule has 0 radical (unpaired) electrons. The molecule has 3 atom stereocenters. The lowest BCUT2D eigenvalue weighted by molar-refractivity contribution is -0.147. The van der Waals surface area contributed by atoms with E-state index in [0.29, 0.717) is 0 Å². The fourth-order valence-electron chi connectivity index (χ4n) is 2.93. The standard InChI is InChI=1S/C18H28O2/c1-7-18(6)15(19)11-16(18)20-14-9-8-12(2)10-13(14)17(3,4)5/h8-10,15-16,19H,7,11H2,1-6H3. The summed E-state index contributed by atoms with van der Waals surface area (Å²) in [5.41, 5.74) is 2.46. The summed E-state index contributed by atoms with van der Waals surface area (Å²) in [5.74, 6) is 0.972. The summed E-state index contributed by atoms with van der Waals surface area (Å²) in [4.78, 5) is 0. The van der Waals surface area contributed by atoms with Crippen LogP contribution in [0.2, 0.25) is 0 Å². The van der Waals surface area contributed by atoms with Crippen molar-refractivity contribution in [2.24, 2.45) is 5.41 Å². The molecule has 0 spiro atoms. The average Bonchev–Trinajstić information content (AvgIpc) is 2.37. The summed E-state index contributed by atoms with van der Waals surface area (Å²) in [6.07, 6.45) is 1.56. The first-order chi connectivity index (χ1) is 9.18. The van der Waals surface area contributed by atoms with E-state index in [1.165, 1.54) is 11.1 Å². The lowest BCUT2D eigenvalue weighted by atomic mass is 9.63. The van der Waals surface area contributed by atoms with Crippen molar-refractivity contribution < 1.29 is 9.84 Å². The molecular weight excluding hydrogens is 248 g/mol. The zero-order chi connectivity index (χ0) is 15.1. The molecule has 0 aliphatic heterocycles. The average molecular weight is 276 g/mol. The quantitative estimate of drug-likeness (QED) is 0.895. The van der Waals surface area contributed by atoms with Crippen molar-refractivity contribution in [1.29, 1.82) is 0 Å². The van der Waals surface area contributed by atoms with E-state index >= 15 is 0 Å². The summed E-state index contributed by atoms with van der Waals surface area (Å²) in [6.45, 7) is 13.0. The van der Waals surface area contributed by atoms with Gasteiger partial charge in [-0.1, -0.05) is 52.3 Å². The Morgan fingerprint density at radius 3 is 2.50 bits per heavy atom. The highest BCUT2D eigenvalue weighted by atomic mass is 16.5. The number of rotatable bonds is 3. The van der Waals surface area contributed by atoms with Crippen LogP contribution in [0.25, 0.3) is 0 Å². The Kier molecular flexibility index (Phi) is 3.90. The fourth-order valence-corrected chi connectivity index (χ4v) is 2.93. The largest absolute Gasteiger partial charge is 0.489 e. The maximum atomic E-state index is 10.0. The van der Waals surface area contributed by atoms with Crippen LogP contribution in [0.4, 0.5) is 0 Å². The summed E-state index contributed by atoms with van der Waals surface area (Å²) >= 11 is 0. The van der Waals surface area contributed by atoms with Crippen LogP contribution in [-0.2, 0) is 5.41 Å². The molecule has 0 amide bonds. The number of hydrogen-bond acceptors (Lipinski definition) is 2. The lowest BCUT2D eigenvalue weighted by Crippen LogP contribution is -2.57. The summed E-state index contributed by atoms with van der Waals surface area (Å²) in [5, 5.41) is 10.0. The van der Waals surface area contributed by atoms with Gasteiger partial charge in [0.1, 0.15) is 11.9 Å². The van der Waals surface area contributed by atoms with E-state index in [1.54, 1.807) is 0 Å². The number of benzene rings is 1. The number of aliphatic hydroxyl groups is 1. The van der Waals surface area contributed by atoms with Crippen LogP contribution >= 0.6 is 0 Å². The van der Waals surface area contributed by atoms with Gasteiger partial charge in [-0.25, -0.2) is 0 Å². The first kappa shape index (κ1) is 15.4. The molecular formula is C18H28O2. The topological polar surface area (TPSA) is 29.5 Å². The minimum Gasteiger partial charge on any atom is -0.489 e. The van der Waals surface area contributed by atoms with Crippen molar-refractivity contribution >= 4 is 0 Å². The van der Waals surface area contributed by atoms with E-state index in [4.69, 9.17) is 4.74 Å². The van der Waals surface area contributed by atoms with E-state index in [2.05, 4.69) is 59.7 Å². The third kappa shape index (κ3) is 2.58. The van der Waals surface area contributed by atoms with Crippen molar-refractivity contribution in [2.75, 3.05) is 0 Å². The number of aliphatic hydroxyl groups excluding tert-OH is 1. The molecule has 0 aromatic heterocycles. The molecule has 1 N–H and O–H groups in total. The van der Waals surface area contributed by atoms with Gasteiger partial charge in [-0.3, -0.25) is 0 Å². The maximum absolute atomic E-state index is 10.0. The predicted molar refractivity (Wildman–Crippen MR) is 83.3 cm³/mol. The molecule has 20 heavy (non-hydrogen) atoms. The highest BCUT2D eigenvalue weighted by molar-refractivity contribution is 5.41. The Morgan fingerprint density at radius 1 is 1.35 bits per heavy atom. The number of aryl methyl sites for hydroxylation is 1. The molecule has 0 saturated heterocycles. The zero-order valence-electron chi connectivity index (χ0n) is 13.7. The minimum atomic E-state index is -0.235. The van der Waals surface area contributed by atoms with Crippen molar-refractivity contribution in [3.8, 4) is 5.75 Å². The Morgan fingerprint density at radius 2 is 2.00 bits per heavy atom. The number of hydrogen-bond donors (Lipinski definition) is 1. The third-order valence-electron chi connectivity index (χ3n) is 4.91. The first-order valence-electron chi connectivity index (χ1n) is 7.64. The van der Waals surface area contributed by atoms with Crippen LogP contribution < -0.4 is 4.74 Å². The molecule has 1 fully saturated rings. The first-order valence-corrected chi connectivity index (χ1v) is 7.64. The highest BCUT2D eigenvalue weighted by Gasteiger charge is 2.51. The second kappa shape index (κ2) is 5.07. The summed E-state index contributed by atoms with van der Waals surface area (Å²) in [6, 6.07) is 6.40. The molecule has 1 aliphatic carbocycles. The number of ether oxygens (including phenoxy) is 1. The Bertz CT molecular complexity index is 487. The maximum Gasteiger partial charge on any atom is 0.123 e. The van der Waals surface area contributed by atoms with Gasteiger partial charge in [0.2, 0.25) is 0 Å². The van der Waals surface area contributed by atoms with Gasteiger partial charge in [-0.15, -0.1) is 0 Å². The van der Waals surface area contributed by atoms with Gasteiger partial charge in [0, 0.05) is 11.8 Å². The Labute approximate surface area is 123 Å². The molecule has 3 unspecified atom stereocenters. The van der Waals surface area contributed by atoms with Crippen LogP contribution in [0.3, 0.4) is 0 Å². The summed E-state index contributed by atoms with van der Waals surface area (Å²) < 4.78 is 6.28. The molecule has 0 heterocycles. The zero-order valence-corrected chi connectivity index (χ0v) is 13.7. The molecule has 2 heteroatoms. The smallest absolute Gasteiger partial charge is 0.123 e. The summed E-state index contributed by atoms with van der Waals surface area (Å²) in [7, 11) is 0. The molecule has 112 valence electrons. The minimum absolute atomic E-state index is 0.0618. The van der Waals surface area contributed by atoms with Gasteiger partial charge < -0.3 is 9.84 Å². The van der Waals surface area contributed by atoms with Crippen molar-refractivity contribution in [3.63, 3.8) is 0 Å². The second-order valence-corrected chi connectivity index (χ2v) is 7.47. The normalized spacial score (nSPS) is 29.9. The molecule has 1 aromatic rings. The van der Waals surface area contributed by atoms with Gasteiger partial charge in [0.25, 0.3) is 0 Å². The molecule has 0 bridgehead atoms. The van der Waals surface area contributed by atoms with E-state index in [-0.39, 0.29) is 23.0 Å². The van der Waals surface area contributed by atoms with Crippen LogP contribution in [0.1, 0.15) is 58.6 Å². The van der Waals surface area contributed by atoms with E-state index in [1.807, 2.05) is 0 Å². The molecule has 1 saturated carbocycles. The van der Waals surface area contributed by atoms with E-state index < -0.39 is 0 Å². The predicted octanol–water partition coefficient (Wildman–Crippen LogP) is 4.22. The van der Waals surface area contributed by atoms with Gasteiger partial charge in [0.05, 0.1) is 6.10 Å². The van der Waals surface area contributed by atoms with Gasteiger partial charge in [-0.2, -0.15) is 0 Å². The Hall–Kier alpha value is -1.02. The van der Waals surface area contributed by atoms with Crippen LogP contribution in [-0.4, -0.2) is 17.3 Å². The second-order valence-electron chi connectivity index (χ2n) is 7.47. The molecule has 2 rings (SSSR count). The van der Waals surface area contributed by atoms with Crippen LogP contribution in [0.15, 0.2) is 18.2 Å².